The summed E-state index contributed by atoms with van der Waals surface area (Å²) in [5, 5.41) is 0. The van der Waals surface area contributed by atoms with Gasteiger partial charge in [-0.3, -0.25) is 4.98 Å². The van der Waals surface area contributed by atoms with E-state index in [4.69, 9.17) is 15.2 Å². The summed E-state index contributed by atoms with van der Waals surface area (Å²) in [6, 6.07) is 5.81. The fraction of sp³-hybridized carbons (Fsp3) is 0.583. The van der Waals surface area contributed by atoms with Crippen LogP contribution >= 0.6 is 0 Å². The maximum atomic E-state index is 5.96. The molecule has 1 aromatic rings. The van der Waals surface area contributed by atoms with Gasteiger partial charge in [-0.2, -0.15) is 0 Å². The Labute approximate surface area is 95.8 Å². The molecule has 2 N–H and O–H groups in total. The highest BCUT2D eigenvalue weighted by molar-refractivity contribution is 5.07. The van der Waals surface area contributed by atoms with Crippen LogP contribution in [0, 0.1) is 0 Å². The zero-order chi connectivity index (χ0) is 11.2. The zero-order valence-corrected chi connectivity index (χ0v) is 9.34. The van der Waals surface area contributed by atoms with Gasteiger partial charge in [0.15, 0.2) is 0 Å². The fourth-order valence-electron chi connectivity index (χ4n) is 1.86. The van der Waals surface area contributed by atoms with Crippen molar-refractivity contribution in [3.05, 3.63) is 30.1 Å². The predicted molar refractivity (Wildman–Crippen MR) is 61.0 cm³/mol. The molecule has 4 heteroatoms. The number of rotatable bonds is 4. The van der Waals surface area contributed by atoms with Crippen LogP contribution in [0.1, 0.15) is 24.6 Å². The van der Waals surface area contributed by atoms with Crippen molar-refractivity contribution in [2.45, 2.75) is 25.0 Å². The van der Waals surface area contributed by atoms with E-state index in [1.165, 1.54) is 0 Å². The van der Waals surface area contributed by atoms with Crippen molar-refractivity contribution < 1.29 is 9.47 Å². The van der Waals surface area contributed by atoms with Gasteiger partial charge in [0.2, 0.25) is 0 Å². The van der Waals surface area contributed by atoms with Gasteiger partial charge in [0, 0.05) is 26.0 Å². The molecule has 0 aromatic carbocycles. The third-order valence-corrected chi connectivity index (χ3v) is 2.76. The molecule has 16 heavy (non-hydrogen) atoms. The van der Waals surface area contributed by atoms with E-state index in [9.17, 15) is 0 Å². The molecule has 0 radical (unpaired) electrons. The highest BCUT2D eigenvalue weighted by Gasteiger charge is 2.20. The molecule has 2 rings (SSSR count). The van der Waals surface area contributed by atoms with Gasteiger partial charge >= 0.3 is 0 Å². The van der Waals surface area contributed by atoms with Crippen molar-refractivity contribution in [3.63, 3.8) is 0 Å². The first kappa shape index (κ1) is 11.5. The molecule has 0 bridgehead atoms. The highest BCUT2D eigenvalue weighted by atomic mass is 16.5. The van der Waals surface area contributed by atoms with Crippen LogP contribution in [0.4, 0.5) is 0 Å². The standard InChI is InChI=1S/C12H18N2O2/c13-9-12(11-3-1-2-6-14-11)16-10-4-7-15-8-5-10/h1-3,6,10,12H,4-5,7-9,13H2. The first-order valence-corrected chi connectivity index (χ1v) is 5.74. The first-order valence-electron chi connectivity index (χ1n) is 5.74. The summed E-state index contributed by atoms with van der Waals surface area (Å²) in [7, 11) is 0. The summed E-state index contributed by atoms with van der Waals surface area (Å²) < 4.78 is 11.3. The lowest BCUT2D eigenvalue weighted by atomic mass is 10.1. The largest absolute Gasteiger partial charge is 0.381 e. The minimum absolute atomic E-state index is 0.0932. The molecule has 0 amide bonds. The third kappa shape index (κ3) is 3.01. The normalized spacial score (nSPS) is 19.6. The molecule has 1 fully saturated rings. The molecule has 1 aliphatic rings. The van der Waals surface area contributed by atoms with Gasteiger partial charge in [0.1, 0.15) is 6.10 Å². The van der Waals surface area contributed by atoms with Crippen molar-refractivity contribution >= 4 is 0 Å². The molecule has 1 saturated heterocycles. The number of aromatic nitrogens is 1. The van der Waals surface area contributed by atoms with Crippen molar-refractivity contribution in [2.75, 3.05) is 19.8 Å². The Kier molecular flexibility index (Phi) is 4.27. The van der Waals surface area contributed by atoms with Crippen LogP contribution in [0.3, 0.4) is 0 Å². The quantitative estimate of drug-likeness (QED) is 0.833. The maximum absolute atomic E-state index is 5.96. The Balaban J connectivity index is 1.94. The summed E-state index contributed by atoms with van der Waals surface area (Å²) >= 11 is 0. The zero-order valence-electron chi connectivity index (χ0n) is 9.34. The average molecular weight is 222 g/mol. The van der Waals surface area contributed by atoms with Gasteiger partial charge in [-0.25, -0.2) is 0 Å². The second kappa shape index (κ2) is 5.94. The van der Waals surface area contributed by atoms with Gasteiger partial charge < -0.3 is 15.2 Å². The number of pyridine rings is 1. The van der Waals surface area contributed by atoms with Gasteiger partial charge in [-0.15, -0.1) is 0 Å². The fourth-order valence-corrected chi connectivity index (χ4v) is 1.86. The van der Waals surface area contributed by atoms with E-state index in [-0.39, 0.29) is 12.2 Å². The van der Waals surface area contributed by atoms with Crippen LogP contribution in [0.2, 0.25) is 0 Å². The number of nitrogens with two attached hydrogens (primary N) is 1. The van der Waals surface area contributed by atoms with E-state index in [1.54, 1.807) is 6.20 Å². The molecule has 0 spiro atoms. The highest BCUT2D eigenvalue weighted by Crippen LogP contribution is 2.20. The van der Waals surface area contributed by atoms with E-state index < -0.39 is 0 Å². The first-order chi connectivity index (χ1) is 7.90. The number of hydrogen-bond acceptors (Lipinski definition) is 4. The number of ether oxygens (including phenoxy) is 2. The number of nitrogens with zero attached hydrogens (tertiary/aromatic N) is 1. The Bertz CT molecular complexity index is 299. The average Bonchev–Trinajstić information content (AvgIpc) is 2.38. The van der Waals surface area contributed by atoms with E-state index in [2.05, 4.69) is 4.98 Å². The molecule has 1 aromatic heterocycles. The molecule has 0 aliphatic carbocycles. The summed E-state index contributed by atoms with van der Waals surface area (Å²) in [6.45, 7) is 2.03. The Morgan fingerprint density at radius 2 is 2.25 bits per heavy atom. The van der Waals surface area contributed by atoms with Crippen LogP contribution in [0.25, 0.3) is 0 Å². The van der Waals surface area contributed by atoms with Gasteiger partial charge in [-0.1, -0.05) is 6.07 Å². The molecule has 0 saturated carbocycles. The Morgan fingerprint density at radius 3 is 2.88 bits per heavy atom. The summed E-state index contributed by atoms with van der Waals surface area (Å²) in [5.74, 6) is 0. The van der Waals surface area contributed by atoms with Gasteiger partial charge in [-0.05, 0) is 25.0 Å². The molecule has 4 nitrogen and oxygen atoms in total. The second-order valence-electron chi connectivity index (χ2n) is 3.93. The van der Waals surface area contributed by atoms with Crippen molar-refractivity contribution in [1.82, 2.24) is 4.98 Å². The lowest BCUT2D eigenvalue weighted by molar-refractivity contribution is -0.0678. The minimum Gasteiger partial charge on any atom is -0.381 e. The summed E-state index contributed by atoms with van der Waals surface area (Å²) in [4.78, 5) is 4.28. The minimum atomic E-state index is -0.0932. The Hall–Kier alpha value is -0.970. The Morgan fingerprint density at radius 1 is 1.44 bits per heavy atom. The molecule has 1 atom stereocenters. The monoisotopic (exact) mass is 222 g/mol. The lowest BCUT2D eigenvalue weighted by Gasteiger charge is -2.26. The van der Waals surface area contributed by atoms with Crippen LogP contribution in [-0.2, 0) is 9.47 Å². The van der Waals surface area contributed by atoms with E-state index in [1.807, 2.05) is 18.2 Å². The van der Waals surface area contributed by atoms with Crippen molar-refractivity contribution in [2.24, 2.45) is 5.73 Å². The van der Waals surface area contributed by atoms with E-state index in [0.717, 1.165) is 31.7 Å². The molecule has 2 heterocycles. The van der Waals surface area contributed by atoms with Crippen LogP contribution in [0.5, 0.6) is 0 Å². The molecular weight excluding hydrogens is 204 g/mol. The summed E-state index contributed by atoms with van der Waals surface area (Å²) in [5.41, 5.74) is 6.64. The van der Waals surface area contributed by atoms with Crippen LogP contribution < -0.4 is 5.73 Å². The second-order valence-corrected chi connectivity index (χ2v) is 3.93. The smallest absolute Gasteiger partial charge is 0.112 e. The maximum Gasteiger partial charge on any atom is 0.112 e. The van der Waals surface area contributed by atoms with Crippen molar-refractivity contribution in [1.29, 1.82) is 0 Å². The molecule has 88 valence electrons. The van der Waals surface area contributed by atoms with Gasteiger partial charge in [0.25, 0.3) is 0 Å². The van der Waals surface area contributed by atoms with Crippen LogP contribution in [0.15, 0.2) is 24.4 Å². The molecular formula is C12H18N2O2. The van der Waals surface area contributed by atoms with Crippen molar-refractivity contribution in [3.8, 4) is 0 Å². The van der Waals surface area contributed by atoms with E-state index in [0.29, 0.717) is 6.54 Å². The third-order valence-electron chi connectivity index (χ3n) is 2.76. The van der Waals surface area contributed by atoms with Crippen LogP contribution in [-0.4, -0.2) is 30.8 Å². The molecule has 1 unspecified atom stereocenters. The van der Waals surface area contributed by atoms with E-state index >= 15 is 0 Å². The molecule has 1 aliphatic heterocycles. The lowest BCUT2D eigenvalue weighted by Crippen LogP contribution is -2.28. The number of hydrogen-bond donors (Lipinski definition) is 1. The summed E-state index contributed by atoms with van der Waals surface area (Å²) in [6.07, 6.45) is 3.83. The van der Waals surface area contributed by atoms with Gasteiger partial charge in [0.05, 0.1) is 11.8 Å². The predicted octanol–water partition coefficient (Wildman–Crippen LogP) is 1.28. The SMILES string of the molecule is NCC(OC1CCOCC1)c1ccccn1. The topological polar surface area (TPSA) is 57.4 Å².